The van der Waals surface area contributed by atoms with Crippen LogP contribution in [0.2, 0.25) is 0 Å². The second kappa shape index (κ2) is 10.6. The zero-order valence-corrected chi connectivity index (χ0v) is 19.7. The van der Waals surface area contributed by atoms with Crippen LogP contribution in [0, 0.1) is 0 Å². The molecule has 32 heavy (non-hydrogen) atoms. The Balaban J connectivity index is 2.01. The van der Waals surface area contributed by atoms with Crippen molar-refractivity contribution >= 4 is 5.91 Å². The summed E-state index contributed by atoms with van der Waals surface area (Å²) in [6.45, 7) is 9.56. The van der Waals surface area contributed by atoms with E-state index in [9.17, 15) is 4.79 Å². The first-order valence-corrected chi connectivity index (χ1v) is 11.4. The van der Waals surface area contributed by atoms with E-state index in [0.29, 0.717) is 24.9 Å². The first kappa shape index (κ1) is 23.7. The maximum Gasteiger partial charge on any atom is 0.228 e. The van der Waals surface area contributed by atoms with Crippen molar-refractivity contribution in [1.29, 1.82) is 0 Å². The number of pyridine rings is 1. The number of nitrogens with two attached hydrogens (primary N) is 1. The lowest BCUT2D eigenvalue weighted by Gasteiger charge is -2.37. The number of carbonyl (C=O) groups excluding carboxylic acids is 1. The highest BCUT2D eigenvalue weighted by molar-refractivity contribution is 5.87. The lowest BCUT2D eigenvalue weighted by molar-refractivity contribution is -0.124. The van der Waals surface area contributed by atoms with E-state index in [0.717, 1.165) is 28.9 Å². The molecule has 0 aliphatic rings. The number of nitrogens with zero attached hydrogens (tertiary/aromatic N) is 2. The molecule has 4 nitrogen and oxygen atoms in total. The molecular weight excluding hydrogens is 394 g/mol. The molecule has 1 amide bonds. The van der Waals surface area contributed by atoms with Crippen LogP contribution in [-0.4, -0.2) is 34.4 Å². The minimum atomic E-state index is -0.828. The van der Waals surface area contributed by atoms with E-state index in [2.05, 4.69) is 74.0 Å². The lowest BCUT2D eigenvalue weighted by atomic mass is 9.72. The Morgan fingerprint density at radius 1 is 0.875 bits per heavy atom. The minimum Gasteiger partial charge on any atom is -0.369 e. The van der Waals surface area contributed by atoms with Crippen molar-refractivity contribution < 1.29 is 4.79 Å². The summed E-state index contributed by atoms with van der Waals surface area (Å²) in [4.78, 5) is 20.0. The molecule has 168 valence electrons. The highest BCUT2D eigenvalue weighted by atomic mass is 16.1. The average molecular weight is 430 g/mol. The van der Waals surface area contributed by atoms with Gasteiger partial charge in [-0.25, -0.2) is 0 Å². The zero-order valence-electron chi connectivity index (χ0n) is 19.7. The molecule has 0 radical (unpaired) electrons. The highest BCUT2D eigenvalue weighted by Crippen LogP contribution is 2.34. The normalized spacial score (nSPS) is 13.5. The summed E-state index contributed by atoms with van der Waals surface area (Å²) in [5.41, 5.74) is 9.42. The Labute approximate surface area is 192 Å². The van der Waals surface area contributed by atoms with Crippen LogP contribution in [0.15, 0.2) is 79.0 Å². The predicted octanol–water partition coefficient (Wildman–Crippen LogP) is 5.22. The van der Waals surface area contributed by atoms with Crippen LogP contribution >= 0.6 is 0 Å². The molecular formula is C28H35N3O. The molecule has 0 aliphatic carbocycles. The summed E-state index contributed by atoms with van der Waals surface area (Å²) in [6, 6.07) is 25.1. The van der Waals surface area contributed by atoms with Gasteiger partial charge in [0.15, 0.2) is 0 Å². The van der Waals surface area contributed by atoms with Crippen LogP contribution in [0.3, 0.4) is 0 Å². The summed E-state index contributed by atoms with van der Waals surface area (Å²) in [7, 11) is 0. The fraction of sp³-hybridized carbons (Fsp3) is 0.357. The first-order valence-electron chi connectivity index (χ1n) is 11.4. The number of amides is 1. The minimum absolute atomic E-state index is 0.303. The number of carbonyl (C=O) groups is 1. The fourth-order valence-corrected chi connectivity index (χ4v) is 4.54. The smallest absolute Gasteiger partial charge is 0.228 e. The van der Waals surface area contributed by atoms with Crippen molar-refractivity contribution in [3.05, 3.63) is 90.3 Å². The van der Waals surface area contributed by atoms with Crippen molar-refractivity contribution in [2.45, 2.75) is 58.0 Å². The van der Waals surface area contributed by atoms with E-state index < -0.39 is 5.41 Å². The van der Waals surface area contributed by atoms with Crippen molar-refractivity contribution in [3.8, 4) is 11.1 Å². The monoisotopic (exact) mass is 429 g/mol. The van der Waals surface area contributed by atoms with E-state index >= 15 is 0 Å². The van der Waals surface area contributed by atoms with E-state index in [1.807, 2.05) is 36.4 Å². The van der Waals surface area contributed by atoms with Crippen LogP contribution in [0.25, 0.3) is 11.1 Å². The summed E-state index contributed by atoms with van der Waals surface area (Å²) in [5, 5.41) is 0. The molecule has 3 rings (SSSR count). The molecule has 0 bridgehead atoms. The summed E-state index contributed by atoms with van der Waals surface area (Å²) in [6.07, 6.45) is 2.89. The molecule has 1 heterocycles. The van der Waals surface area contributed by atoms with Gasteiger partial charge in [-0.2, -0.15) is 0 Å². The van der Waals surface area contributed by atoms with Crippen molar-refractivity contribution in [2.75, 3.05) is 6.54 Å². The Kier molecular flexibility index (Phi) is 7.81. The van der Waals surface area contributed by atoms with Gasteiger partial charge in [0.2, 0.25) is 5.91 Å². The summed E-state index contributed by atoms with van der Waals surface area (Å²) in [5.74, 6) is -0.303. The second-order valence-electron chi connectivity index (χ2n) is 9.06. The highest BCUT2D eigenvalue weighted by Gasteiger charge is 2.39. The third-order valence-corrected chi connectivity index (χ3v) is 6.35. The quantitative estimate of drug-likeness (QED) is 0.480. The van der Waals surface area contributed by atoms with Crippen molar-refractivity contribution in [2.24, 2.45) is 5.73 Å². The molecule has 0 saturated heterocycles. The van der Waals surface area contributed by atoms with Crippen molar-refractivity contribution in [3.63, 3.8) is 0 Å². The van der Waals surface area contributed by atoms with Gasteiger partial charge >= 0.3 is 0 Å². The second-order valence-corrected chi connectivity index (χ2v) is 9.06. The van der Waals surface area contributed by atoms with E-state index in [-0.39, 0.29) is 5.91 Å². The number of aromatic nitrogens is 1. The predicted molar refractivity (Wildman–Crippen MR) is 132 cm³/mol. The fourth-order valence-electron chi connectivity index (χ4n) is 4.54. The van der Waals surface area contributed by atoms with Crippen molar-refractivity contribution in [1.82, 2.24) is 9.88 Å². The van der Waals surface area contributed by atoms with Gasteiger partial charge in [0.25, 0.3) is 0 Å². The molecule has 4 heteroatoms. The third kappa shape index (κ3) is 5.43. The Bertz CT molecular complexity index is 976. The SMILES string of the molecule is CC(C)N(CCC(Cc1ccccn1)(C(N)=O)c1ccc(-c2ccccc2)cc1)C(C)C. The summed E-state index contributed by atoms with van der Waals surface area (Å²) < 4.78 is 0. The molecule has 1 aromatic heterocycles. The maximum absolute atomic E-state index is 13.1. The van der Waals surface area contributed by atoms with Gasteiger partial charge in [-0.15, -0.1) is 0 Å². The maximum atomic E-state index is 13.1. The number of benzene rings is 2. The first-order chi connectivity index (χ1) is 15.3. The summed E-state index contributed by atoms with van der Waals surface area (Å²) >= 11 is 0. The molecule has 1 atom stereocenters. The van der Waals surface area contributed by atoms with Gasteiger partial charge in [0, 0.05) is 36.9 Å². The Morgan fingerprint density at radius 2 is 1.47 bits per heavy atom. The van der Waals surface area contributed by atoms with E-state index in [1.165, 1.54) is 0 Å². The van der Waals surface area contributed by atoms with Gasteiger partial charge < -0.3 is 5.73 Å². The van der Waals surface area contributed by atoms with Gasteiger partial charge in [0.05, 0.1) is 5.41 Å². The van der Waals surface area contributed by atoms with Gasteiger partial charge in [-0.05, 0) is 62.9 Å². The van der Waals surface area contributed by atoms with Crippen LogP contribution in [-0.2, 0) is 16.6 Å². The number of rotatable bonds is 10. The van der Waals surface area contributed by atoms with Gasteiger partial charge in [-0.1, -0.05) is 60.7 Å². The molecule has 0 spiro atoms. The third-order valence-electron chi connectivity index (χ3n) is 6.35. The van der Waals surface area contributed by atoms with Crippen LogP contribution in [0.5, 0.6) is 0 Å². The van der Waals surface area contributed by atoms with E-state index in [4.69, 9.17) is 5.73 Å². The molecule has 2 aromatic carbocycles. The number of hydrogen-bond donors (Lipinski definition) is 1. The standard InChI is InChI=1S/C28H35N3O/c1-21(2)31(22(3)4)19-17-28(27(29)32,20-26-12-8-9-18-30-26)25-15-13-24(14-16-25)23-10-6-5-7-11-23/h5-16,18,21-22H,17,19-20H2,1-4H3,(H2,29,32). The number of hydrogen-bond acceptors (Lipinski definition) is 3. The molecule has 1 unspecified atom stereocenters. The van der Waals surface area contributed by atoms with E-state index in [1.54, 1.807) is 6.20 Å². The van der Waals surface area contributed by atoms with Crippen LogP contribution in [0.1, 0.15) is 45.4 Å². The largest absolute Gasteiger partial charge is 0.369 e. The topological polar surface area (TPSA) is 59.2 Å². The number of primary amides is 1. The van der Waals surface area contributed by atoms with Crippen LogP contribution in [0.4, 0.5) is 0 Å². The molecule has 0 fully saturated rings. The molecule has 0 saturated carbocycles. The Hall–Kier alpha value is -2.98. The lowest BCUT2D eigenvalue weighted by Crippen LogP contribution is -2.47. The average Bonchev–Trinajstić information content (AvgIpc) is 2.79. The van der Waals surface area contributed by atoms with Gasteiger partial charge in [0.1, 0.15) is 0 Å². The zero-order chi connectivity index (χ0) is 23.1. The van der Waals surface area contributed by atoms with Crippen LogP contribution < -0.4 is 5.73 Å². The molecule has 2 N–H and O–H groups in total. The molecule has 3 aromatic rings. The molecule has 0 aliphatic heterocycles. The Morgan fingerprint density at radius 3 is 2.00 bits per heavy atom. The van der Waals surface area contributed by atoms with Gasteiger partial charge in [-0.3, -0.25) is 14.7 Å².